The second-order valence-electron chi connectivity index (χ2n) is 5.63. The summed E-state index contributed by atoms with van der Waals surface area (Å²) in [5.74, 6) is 0.430. The highest BCUT2D eigenvalue weighted by molar-refractivity contribution is 4.88. The Labute approximate surface area is 122 Å². The first-order valence-electron chi connectivity index (χ1n) is 7.65. The molecule has 1 aliphatic rings. The maximum absolute atomic E-state index is 9.68. The van der Waals surface area contributed by atoms with E-state index in [2.05, 4.69) is 0 Å². The summed E-state index contributed by atoms with van der Waals surface area (Å²) in [7, 11) is 1.65. The van der Waals surface area contributed by atoms with E-state index in [9.17, 15) is 10.2 Å². The number of rotatable bonds is 12. The van der Waals surface area contributed by atoms with Crippen LogP contribution in [-0.2, 0) is 14.2 Å². The summed E-state index contributed by atoms with van der Waals surface area (Å²) >= 11 is 0. The Morgan fingerprint density at radius 1 is 0.900 bits per heavy atom. The van der Waals surface area contributed by atoms with E-state index in [1.54, 1.807) is 7.11 Å². The molecule has 1 aliphatic carbocycles. The molecule has 0 aromatic rings. The van der Waals surface area contributed by atoms with Gasteiger partial charge in [0.05, 0.1) is 39.6 Å². The molecule has 0 aromatic heterocycles. The largest absolute Gasteiger partial charge is 0.396 e. The third-order valence-corrected chi connectivity index (χ3v) is 4.40. The van der Waals surface area contributed by atoms with E-state index in [4.69, 9.17) is 14.2 Å². The van der Waals surface area contributed by atoms with Crippen molar-refractivity contribution in [2.75, 3.05) is 53.4 Å². The molecule has 0 radical (unpaired) electrons. The van der Waals surface area contributed by atoms with Gasteiger partial charge in [0.2, 0.25) is 0 Å². The van der Waals surface area contributed by atoms with Crippen LogP contribution in [0.1, 0.15) is 32.1 Å². The number of hydrogen-bond acceptors (Lipinski definition) is 5. The van der Waals surface area contributed by atoms with Gasteiger partial charge < -0.3 is 24.4 Å². The lowest BCUT2D eigenvalue weighted by molar-refractivity contribution is -0.0325. The molecule has 0 heterocycles. The molecule has 0 aliphatic heterocycles. The topological polar surface area (TPSA) is 68.2 Å². The fourth-order valence-electron chi connectivity index (χ4n) is 2.95. The van der Waals surface area contributed by atoms with Crippen LogP contribution in [0, 0.1) is 11.3 Å². The monoisotopic (exact) mass is 290 g/mol. The number of ether oxygens (including phenoxy) is 3. The van der Waals surface area contributed by atoms with Gasteiger partial charge in [0.1, 0.15) is 0 Å². The summed E-state index contributed by atoms with van der Waals surface area (Å²) in [6.45, 7) is 2.92. The lowest BCUT2D eigenvalue weighted by Crippen LogP contribution is -2.38. The molecule has 0 atom stereocenters. The number of aliphatic hydroxyl groups is 2. The SMILES string of the molecule is COCCOCCOCCC(CO)(CO)C1CCCC1. The third-order valence-electron chi connectivity index (χ3n) is 4.40. The molecule has 20 heavy (non-hydrogen) atoms. The van der Waals surface area contributed by atoms with E-state index < -0.39 is 0 Å². The van der Waals surface area contributed by atoms with E-state index in [1.807, 2.05) is 0 Å². The quantitative estimate of drug-likeness (QED) is 0.529. The van der Waals surface area contributed by atoms with E-state index in [-0.39, 0.29) is 18.6 Å². The van der Waals surface area contributed by atoms with Crippen LogP contribution in [0.3, 0.4) is 0 Å². The van der Waals surface area contributed by atoms with Gasteiger partial charge in [0.25, 0.3) is 0 Å². The zero-order chi connectivity index (χ0) is 14.7. The van der Waals surface area contributed by atoms with Crippen molar-refractivity contribution < 1.29 is 24.4 Å². The second-order valence-corrected chi connectivity index (χ2v) is 5.63. The van der Waals surface area contributed by atoms with Gasteiger partial charge in [-0.2, -0.15) is 0 Å². The van der Waals surface area contributed by atoms with Crippen LogP contribution in [0.5, 0.6) is 0 Å². The minimum atomic E-state index is -0.368. The predicted molar refractivity (Wildman–Crippen MR) is 76.7 cm³/mol. The summed E-state index contributed by atoms with van der Waals surface area (Å²) in [4.78, 5) is 0. The van der Waals surface area contributed by atoms with Gasteiger partial charge >= 0.3 is 0 Å². The standard InChI is InChI=1S/C15H30O5/c1-18-8-9-20-11-10-19-7-6-15(12-16,13-17)14-4-2-3-5-14/h14,16-17H,2-13H2,1H3. The molecular weight excluding hydrogens is 260 g/mol. The first-order chi connectivity index (χ1) is 9.79. The van der Waals surface area contributed by atoms with Gasteiger partial charge in [-0.1, -0.05) is 12.8 Å². The van der Waals surface area contributed by atoms with Crippen LogP contribution >= 0.6 is 0 Å². The molecule has 0 unspecified atom stereocenters. The molecule has 0 amide bonds. The highest BCUT2D eigenvalue weighted by Gasteiger charge is 2.38. The average molecular weight is 290 g/mol. The predicted octanol–water partition coefficient (Wildman–Crippen LogP) is 1.22. The first-order valence-corrected chi connectivity index (χ1v) is 7.65. The number of methoxy groups -OCH3 is 1. The van der Waals surface area contributed by atoms with Gasteiger partial charge in [-0.25, -0.2) is 0 Å². The fraction of sp³-hybridized carbons (Fsp3) is 1.00. The van der Waals surface area contributed by atoms with E-state index in [1.165, 1.54) is 12.8 Å². The molecule has 0 bridgehead atoms. The fourth-order valence-corrected chi connectivity index (χ4v) is 2.95. The molecule has 5 nitrogen and oxygen atoms in total. The molecule has 1 rings (SSSR count). The molecule has 1 saturated carbocycles. The van der Waals surface area contributed by atoms with Crippen LogP contribution in [0.4, 0.5) is 0 Å². The first kappa shape index (κ1) is 17.9. The molecule has 1 fully saturated rings. The molecule has 0 aromatic carbocycles. The van der Waals surface area contributed by atoms with Crippen molar-refractivity contribution in [3.05, 3.63) is 0 Å². The Hall–Kier alpha value is -0.200. The number of aliphatic hydroxyl groups excluding tert-OH is 2. The molecular formula is C15H30O5. The zero-order valence-electron chi connectivity index (χ0n) is 12.7. The summed E-state index contributed by atoms with van der Waals surface area (Å²) in [5, 5.41) is 19.4. The highest BCUT2D eigenvalue weighted by atomic mass is 16.5. The third kappa shape index (κ3) is 5.66. The van der Waals surface area contributed by atoms with E-state index >= 15 is 0 Å². The molecule has 2 N–H and O–H groups in total. The Morgan fingerprint density at radius 3 is 2.00 bits per heavy atom. The zero-order valence-corrected chi connectivity index (χ0v) is 12.7. The van der Waals surface area contributed by atoms with Crippen molar-refractivity contribution in [3.8, 4) is 0 Å². The van der Waals surface area contributed by atoms with Gasteiger partial charge in [-0.05, 0) is 25.2 Å². The number of hydrogen-bond donors (Lipinski definition) is 2. The summed E-state index contributed by atoms with van der Waals surface area (Å²) in [6, 6.07) is 0. The minimum absolute atomic E-state index is 0.0435. The maximum atomic E-state index is 9.68. The minimum Gasteiger partial charge on any atom is -0.396 e. The van der Waals surface area contributed by atoms with Crippen LogP contribution in [0.25, 0.3) is 0 Å². The van der Waals surface area contributed by atoms with Crippen LogP contribution in [0.15, 0.2) is 0 Å². The summed E-state index contributed by atoms with van der Waals surface area (Å²) in [5.41, 5.74) is -0.368. The maximum Gasteiger partial charge on any atom is 0.0701 e. The van der Waals surface area contributed by atoms with Gasteiger partial charge in [0.15, 0.2) is 0 Å². The van der Waals surface area contributed by atoms with Gasteiger partial charge in [0, 0.05) is 19.1 Å². The van der Waals surface area contributed by atoms with Crippen molar-refractivity contribution >= 4 is 0 Å². The molecule has 5 heteroatoms. The van der Waals surface area contributed by atoms with E-state index in [0.29, 0.717) is 45.4 Å². The van der Waals surface area contributed by atoms with Crippen LogP contribution in [0.2, 0.25) is 0 Å². The normalized spacial score (nSPS) is 16.9. The van der Waals surface area contributed by atoms with Gasteiger partial charge in [-0.3, -0.25) is 0 Å². The summed E-state index contributed by atoms with van der Waals surface area (Å²) in [6.07, 6.45) is 5.35. The Morgan fingerprint density at radius 2 is 1.45 bits per heavy atom. The van der Waals surface area contributed by atoms with Crippen molar-refractivity contribution in [1.29, 1.82) is 0 Å². The lowest BCUT2D eigenvalue weighted by atomic mass is 9.73. The van der Waals surface area contributed by atoms with Crippen molar-refractivity contribution in [3.63, 3.8) is 0 Å². The Kier molecular flexibility index (Phi) is 9.39. The smallest absolute Gasteiger partial charge is 0.0701 e. The molecule has 0 saturated heterocycles. The second kappa shape index (κ2) is 10.5. The highest BCUT2D eigenvalue weighted by Crippen LogP contribution is 2.41. The van der Waals surface area contributed by atoms with Crippen LogP contribution < -0.4 is 0 Å². The van der Waals surface area contributed by atoms with Crippen molar-refractivity contribution in [2.24, 2.45) is 11.3 Å². The van der Waals surface area contributed by atoms with Gasteiger partial charge in [-0.15, -0.1) is 0 Å². The van der Waals surface area contributed by atoms with Crippen molar-refractivity contribution in [1.82, 2.24) is 0 Å². The van der Waals surface area contributed by atoms with Crippen LogP contribution in [-0.4, -0.2) is 63.6 Å². The summed E-state index contributed by atoms with van der Waals surface area (Å²) < 4.78 is 15.7. The van der Waals surface area contributed by atoms with E-state index in [0.717, 1.165) is 12.8 Å². The Bertz CT molecular complexity index is 224. The lowest BCUT2D eigenvalue weighted by Gasteiger charge is -2.36. The molecule has 0 spiro atoms. The molecule has 120 valence electrons. The Balaban J connectivity index is 2.16. The van der Waals surface area contributed by atoms with Crippen molar-refractivity contribution in [2.45, 2.75) is 32.1 Å². The average Bonchev–Trinajstić information content (AvgIpc) is 3.01.